The zero-order chi connectivity index (χ0) is 17.2. The summed E-state index contributed by atoms with van der Waals surface area (Å²) >= 11 is 1.44. The van der Waals surface area contributed by atoms with Crippen molar-refractivity contribution in [1.82, 2.24) is 14.8 Å². The van der Waals surface area contributed by atoms with Gasteiger partial charge in [0.15, 0.2) is 0 Å². The van der Waals surface area contributed by atoms with Gasteiger partial charge in [0.05, 0.1) is 31.4 Å². The van der Waals surface area contributed by atoms with Crippen LogP contribution in [0.3, 0.4) is 0 Å². The smallest absolute Gasteiger partial charge is 0.273 e. The topological polar surface area (TPSA) is 54.9 Å². The number of rotatable bonds is 4. The molecule has 2 aliphatic rings. The van der Waals surface area contributed by atoms with Crippen LogP contribution in [0.25, 0.3) is 0 Å². The molecule has 2 saturated heterocycles. The van der Waals surface area contributed by atoms with Gasteiger partial charge in [-0.05, 0) is 33.7 Å². The number of carbonyl (C=O) groups excluding carboxylic acids is 1. The Hall–Kier alpha value is -1.02. The molecule has 1 aromatic heterocycles. The van der Waals surface area contributed by atoms with Crippen LogP contribution in [0, 0.1) is 0 Å². The van der Waals surface area contributed by atoms with Crippen LogP contribution in [0.5, 0.6) is 0 Å². The molecule has 134 valence electrons. The first-order valence-electron chi connectivity index (χ1n) is 8.62. The van der Waals surface area contributed by atoms with E-state index in [-0.39, 0.29) is 17.6 Å². The van der Waals surface area contributed by atoms with Crippen molar-refractivity contribution in [2.24, 2.45) is 0 Å². The minimum atomic E-state index is -0.370. The molecule has 3 heterocycles. The lowest BCUT2D eigenvalue weighted by atomic mass is 10.00. The Balaban J connectivity index is 1.65. The van der Waals surface area contributed by atoms with Gasteiger partial charge in [0.1, 0.15) is 11.3 Å². The number of hydrogen-bond donors (Lipinski definition) is 0. The second kappa shape index (κ2) is 7.47. The molecule has 0 aliphatic carbocycles. The van der Waals surface area contributed by atoms with Crippen LogP contribution in [-0.2, 0) is 9.47 Å². The number of carbonyl (C=O) groups is 1. The van der Waals surface area contributed by atoms with Gasteiger partial charge in [0, 0.05) is 24.5 Å². The van der Waals surface area contributed by atoms with Gasteiger partial charge in [-0.2, -0.15) is 0 Å². The summed E-state index contributed by atoms with van der Waals surface area (Å²) in [5.74, 6) is -0.0209. The fraction of sp³-hybridized carbons (Fsp3) is 0.765. The van der Waals surface area contributed by atoms with E-state index in [0.29, 0.717) is 38.0 Å². The molecule has 2 atom stereocenters. The molecule has 3 rings (SSSR count). The number of likely N-dealkylation sites (N-methyl/N-ethyl adjacent to an activating group) is 1. The standard InChI is InChI=1S/C17H27N3O3S/c1-13(2)19(3)8-14-4-5-17(23-14)10-20(6-7-22-11-17)16(21)15-9-24-12-18-15/h9,12-14H,4-8,10-11H2,1-3H3/t14-,17-/m1/s1. The van der Waals surface area contributed by atoms with Crippen molar-refractivity contribution >= 4 is 17.2 Å². The Morgan fingerprint density at radius 1 is 1.58 bits per heavy atom. The van der Waals surface area contributed by atoms with E-state index in [9.17, 15) is 4.79 Å². The van der Waals surface area contributed by atoms with E-state index in [1.54, 1.807) is 10.9 Å². The van der Waals surface area contributed by atoms with E-state index in [4.69, 9.17) is 9.47 Å². The van der Waals surface area contributed by atoms with E-state index >= 15 is 0 Å². The van der Waals surface area contributed by atoms with Crippen molar-refractivity contribution in [2.45, 2.75) is 44.4 Å². The predicted molar refractivity (Wildman–Crippen MR) is 93.4 cm³/mol. The van der Waals surface area contributed by atoms with Gasteiger partial charge in [-0.15, -0.1) is 11.3 Å². The third-order valence-corrected chi connectivity index (χ3v) is 5.59. The zero-order valence-corrected chi connectivity index (χ0v) is 15.6. The third-order valence-electron chi connectivity index (χ3n) is 5.00. The molecule has 1 amide bonds. The van der Waals surface area contributed by atoms with E-state index in [2.05, 4.69) is 30.8 Å². The van der Waals surface area contributed by atoms with E-state index in [1.807, 2.05) is 4.90 Å². The summed E-state index contributed by atoms with van der Waals surface area (Å²) in [4.78, 5) is 21.0. The van der Waals surface area contributed by atoms with Gasteiger partial charge in [-0.3, -0.25) is 4.79 Å². The van der Waals surface area contributed by atoms with E-state index in [1.165, 1.54) is 11.3 Å². The van der Waals surface area contributed by atoms with Crippen molar-refractivity contribution in [1.29, 1.82) is 0 Å². The highest BCUT2D eigenvalue weighted by Crippen LogP contribution is 2.33. The molecular formula is C17H27N3O3S. The lowest BCUT2D eigenvalue weighted by Crippen LogP contribution is -2.47. The number of hydrogen-bond acceptors (Lipinski definition) is 6. The Morgan fingerprint density at radius 3 is 3.12 bits per heavy atom. The van der Waals surface area contributed by atoms with E-state index in [0.717, 1.165) is 19.4 Å². The maximum absolute atomic E-state index is 12.7. The highest BCUT2D eigenvalue weighted by Gasteiger charge is 2.44. The molecule has 0 aromatic carbocycles. The van der Waals surface area contributed by atoms with Crippen LogP contribution in [0.4, 0.5) is 0 Å². The lowest BCUT2D eigenvalue weighted by molar-refractivity contribution is -0.0901. The van der Waals surface area contributed by atoms with Crippen LogP contribution in [0.15, 0.2) is 10.9 Å². The molecule has 7 heteroatoms. The highest BCUT2D eigenvalue weighted by molar-refractivity contribution is 7.07. The minimum Gasteiger partial charge on any atom is -0.377 e. The Labute approximate surface area is 147 Å². The van der Waals surface area contributed by atoms with Crippen LogP contribution >= 0.6 is 11.3 Å². The van der Waals surface area contributed by atoms with Gasteiger partial charge in [-0.25, -0.2) is 4.98 Å². The molecule has 0 bridgehead atoms. The maximum atomic E-state index is 12.7. The summed E-state index contributed by atoms with van der Waals surface area (Å²) in [6.07, 6.45) is 2.15. The molecule has 2 aliphatic heterocycles. The quantitative estimate of drug-likeness (QED) is 0.827. The first-order chi connectivity index (χ1) is 11.5. The van der Waals surface area contributed by atoms with Crippen LogP contribution in [0.1, 0.15) is 37.2 Å². The van der Waals surface area contributed by atoms with Gasteiger partial charge in [0.25, 0.3) is 5.91 Å². The fourth-order valence-corrected chi connectivity index (χ4v) is 3.86. The lowest BCUT2D eigenvalue weighted by Gasteiger charge is -2.32. The van der Waals surface area contributed by atoms with Gasteiger partial charge >= 0.3 is 0 Å². The molecule has 24 heavy (non-hydrogen) atoms. The number of thiazole rings is 1. The predicted octanol–water partition coefficient (Wildman–Crippen LogP) is 1.87. The minimum absolute atomic E-state index is 0.0209. The molecule has 2 fully saturated rings. The van der Waals surface area contributed by atoms with Crippen molar-refractivity contribution in [3.8, 4) is 0 Å². The van der Waals surface area contributed by atoms with Crippen LogP contribution < -0.4 is 0 Å². The van der Waals surface area contributed by atoms with Gasteiger partial charge in [0.2, 0.25) is 0 Å². The fourth-order valence-electron chi connectivity index (χ4n) is 3.34. The van der Waals surface area contributed by atoms with Crippen molar-refractivity contribution in [2.75, 3.05) is 39.9 Å². The summed E-state index contributed by atoms with van der Waals surface area (Å²) < 4.78 is 12.2. The molecule has 6 nitrogen and oxygen atoms in total. The first kappa shape index (κ1) is 17.8. The SMILES string of the molecule is CC(C)N(C)C[C@H]1CC[C@@]2(COCCN(C(=O)c3cscn3)C2)O1. The van der Waals surface area contributed by atoms with Crippen molar-refractivity contribution < 1.29 is 14.3 Å². The van der Waals surface area contributed by atoms with Crippen LogP contribution in [0.2, 0.25) is 0 Å². The summed E-state index contributed by atoms with van der Waals surface area (Å²) in [6, 6.07) is 0.498. The number of nitrogens with zero attached hydrogens (tertiary/aromatic N) is 3. The second-order valence-electron chi connectivity index (χ2n) is 7.15. The maximum Gasteiger partial charge on any atom is 0.273 e. The molecule has 0 saturated carbocycles. The third kappa shape index (κ3) is 3.96. The Kier molecular flexibility index (Phi) is 5.54. The molecule has 1 aromatic rings. The highest BCUT2D eigenvalue weighted by atomic mass is 32.1. The Bertz CT molecular complexity index is 551. The first-order valence-corrected chi connectivity index (χ1v) is 9.57. The average Bonchev–Trinajstić information content (AvgIpc) is 3.15. The Morgan fingerprint density at radius 2 is 2.42 bits per heavy atom. The van der Waals surface area contributed by atoms with E-state index < -0.39 is 0 Å². The molecule has 0 unspecified atom stereocenters. The van der Waals surface area contributed by atoms with Crippen molar-refractivity contribution in [3.05, 3.63) is 16.6 Å². The molecule has 0 radical (unpaired) electrons. The summed E-state index contributed by atoms with van der Waals surface area (Å²) in [5, 5.41) is 1.80. The van der Waals surface area contributed by atoms with Gasteiger partial charge < -0.3 is 19.3 Å². The number of aromatic nitrogens is 1. The summed E-state index contributed by atoms with van der Waals surface area (Å²) in [5.41, 5.74) is 1.84. The second-order valence-corrected chi connectivity index (χ2v) is 7.87. The summed E-state index contributed by atoms with van der Waals surface area (Å²) in [6.45, 7) is 7.59. The zero-order valence-electron chi connectivity index (χ0n) is 14.7. The largest absolute Gasteiger partial charge is 0.377 e. The molecular weight excluding hydrogens is 326 g/mol. The van der Waals surface area contributed by atoms with Gasteiger partial charge in [-0.1, -0.05) is 0 Å². The monoisotopic (exact) mass is 353 g/mol. The number of ether oxygens (including phenoxy) is 2. The van der Waals surface area contributed by atoms with Crippen molar-refractivity contribution in [3.63, 3.8) is 0 Å². The number of amides is 1. The van der Waals surface area contributed by atoms with Crippen LogP contribution in [-0.4, -0.2) is 78.3 Å². The summed E-state index contributed by atoms with van der Waals surface area (Å²) in [7, 11) is 2.13. The average molecular weight is 353 g/mol. The molecule has 0 N–H and O–H groups in total. The normalized spacial score (nSPS) is 28.0. The molecule has 1 spiro atoms.